The fraction of sp³-hybridized carbons (Fsp3) is 0.381. The number of methoxy groups -OCH3 is 1. The summed E-state index contributed by atoms with van der Waals surface area (Å²) in [5, 5.41) is 2.88. The lowest BCUT2D eigenvalue weighted by Gasteiger charge is -2.16. The summed E-state index contributed by atoms with van der Waals surface area (Å²) in [7, 11) is 1.61. The normalized spacial score (nSPS) is 11.5. The zero-order chi connectivity index (χ0) is 18.9. The number of hydrogen-bond acceptors (Lipinski definition) is 4. The third kappa shape index (κ3) is 5.69. The molecule has 2 aromatic carbocycles. The van der Waals surface area contributed by atoms with Gasteiger partial charge in [-0.25, -0.2) is 0 Å². The second-order valence-corrected chi connectivity index (χ2v) is 6.12. The Hall–Kier alpha value is -2.69. The molecule has 1 unspecified atom stereocenters. The van der Waals surface area contributed by atoms with E-state index >= 15 is 0 Å². The van der Waals surface area contributed by atoms with Crippen LogP contribution in [0.3, 0.4) is 0 Å². The Morgan fingerprint density at radius 3 is 2.50 bits per heavy atom. The second-order valence-electron chi connectivity index (χ2n) is 6.12. The Balaban J connectivity index is 1.90. The predicted molar refractivity (Wildman–Crippen MR) is 102 cm³/mol. The van der Waals surface area contributed by atoms with Gasteiger partial charge in [-0.05, 0) is 50.1 Å². The number of amides is 1. The minimum Gasteiger partial charge on any atom is -0.493 e. The molecule has 1 amide bonds. The van der Waals surface area contributed by atoms with Crippen molar-refractivity contribution in [2.45, 2.75) is 39.8 Å². The highest BCUT2D eigenvalue weighted by Gasteiger charge is 2.15. The number of nitrogens with one attached hydrogen (secondary N) is 1. The monoisotopic (exact) mass is 357 g/mol. The molecular weight excluding hydrogens is 330 g/mol. The number of aryl methyl sites for hydroxylation is 1. The molecular formula is C21H27NO4. The Labute approximate surface area is 155 Å². The average molecular weight is 357 g/mol. The molecule has 0 radical (unpaired) electrons. The number of carbonyl (C=O) groups excluding carboxylic acids is 1. The lowest BCUT2D eigenvalue weighted by molar-refractivity contribution is -0.127. The van der Waals surface area contributed by atoms with Gasteiger partial charge in [0.15, 0.2) is 17.6 Å². The standard InChI is InChI=1S/C21H27NO4/c1-5-12-25-19-11-8-17(13-20(19)24-4)14-22-21(23)16(3)26-18-9-6-15(2)7-10-18/h6-11,13,16H,5,12,14H2,1-4H3,(H,22,23). The van der Waals surface area contributed by atoms with Crippen LogP contribution in [0.5, 0.6) is 17.2 Å². The van der Waals surface area contributed by atoms with Gasteiger partial charge in [-0.1, -0.05) is 30.7 Å². The molecule has 0 aliphatic rings. The van der Waals surface area contributed by atoms with E-state index in [1.807, 2.05) is 49.4 Å². The molecule has 0 aliphatic heterocycles. The van der Waals surface area contributed by atoms with Crippen molar-refractivity contribution in [2.24, 2.45) is 0 Å². The summed E-state index contributed by atoms with van der Waals surface area (Å²) in [6.45, 7) is 6.82. The third-order valence-electron chi connectivity index (χ3n) is 3.86. The summed E-state index contributed by atoms with van der Waals surface area (Å²) in [5.74, 6) is 1.88. The van der Waals surface area contributed by atoms with Crippen LogP contribution in [0.25, 0.3) is 0 Å². The zero-order valence-electron chi connectivity index (χ0n) is 15.9. The number of ether oxygens (including phenoxy) is 3. The Morgan fingerprint density at radius 2 is 1.85 bits per heavy atom. The molecule has 0 saturated carbocycles. The summed E-state index contributed by atoms with van der Waals surface area (Å²) in [6.07, 6.45) is 0.353. The van der Waals surface area contributed by atoms with Crippen LogP contribution in [0.1, 0.15) is 31.4 Å². The summed E-state index contributed by atoms with van der Waals surface area (Å²) >= 11 is 0. The van der Waals surface area contributed by atoms with E-state index in [2.05, 4.69) is 12.2 Å². The maximum Gasteiger partial charge on any atom is 0.261 e. The highest BCUT2D eigenvalue weighted by Crippen LogP contribution is 2.28. The quantitative estimate of drug-likeness (QED) is 0.740. The maximum atomic E-state index is 12.3. The molecule has 0 spiro atoms. The van der Waals surface area contributed by atoms with Crippen LogP contribution in [0.4, 0.5) is 0 Å². The molecule has 1 atom stereocenters. The molecule has 0 fully saturated rings. The average Bonchev–Trinajstić information content (AvgIpc) is 2.66. The van der Waals surface area contributed by atoms with Crippen LogP contribution in [0.15, 0.2) is 42.5 Å². The predicted octanol–water partition coefficient (Wildman–Crippen LogP) is 3.88. The minimum absolute atomic E-state index is 0.171. The summed E-state index contributed by atoms with van der Waals surface area (Å²) in [5.41, 5.74) is 2.08. The molecule has 0 aliphatic carbocycles. The van der Waals surface area contributed by atoms with Gasteiger partial charge in [0, 0.05) is 6.54 Å². The fourth-order valence-electron chi connectivity index (χ4n) is 2.36. The van der Waals surface area contributed by atoms with Crippen molar-refractivity contribution in [3.8, 4) is 17.2 Å². The maximum absolute atomic E-state index is 12.3. The van der Waals surface area contributed by atoms with Gasteiger partial charge in [0.1, 0.15) is 5.75 Å². The van der Waals surface area contributed by atoms with Gasteiger partial charge < -0.3 is 19.5 Å². The fourth-order valence-corrected chi connectivity index (χ4v) is 2.36. The van der Waals surface area contributed by atoms with Crippen LogP contribution < -0.4 is 19.5 Å². The smallest absolute Gasteiger partial charge is 0.261 e. The first-order chi connectivity index (χ1) is 12.5. The Bertz CT molecular complexity index is 712. The number of carbonyl (C=O) groups is 1. The third-order valence-corrected chi connectivity index (χ3v) is 3.86. The van der Waals surface area contributed by atoms with Crippen molar-refractivity contribution in [1.29, 1.82) is 0 Å². The van der Waals surface area contributed by atoms with Crippen LogP contribution in [-0.2, 0) is 11.3 Å². The zero-order valence-corrected chi connectivity index (χ0v) is 15.9. The summed E-state index contributed by atoms with van der Waals surface area (Å²) in [4.78, 5) is 12.3. The van der Waals surface area contributed by atoms with Crippen LogP contribution >= 0.6 is 0 Å². The van der Waals surface area contributed by atoms with Gasteiger partial charge in [0.2, 0.25) is 0 Å². The molecule has 0 heterocycles. The summed E-state index contributed by atoms with van der Waals surface area (Å²) < 4.78 is 16.7. The molecule has 5 nitrogen and oxygen atoms in total. The number of rotatable bonds is 9. The highest BCUT2D eigenvalue weighted by atomic mass is 16.5. The molecule has 26 heavy (non-hydrogen) atoms. The van der Waals surface area contributed by atoms with E-state index in [0.29, 0.717) is 30.4 Å². The van der Waals surface area contributed by atoms with Crippen molar-refractivity contribution in [3.05, 3.63) is 53.6 Å². The van der Waals surface area contributed by atoms with E-state index in [1.54, 1.807) is 14.0 Å². The molecule has 140 valence electrons. The second kappa shape index (κ2) is 9.70. The van der Waals surface area contributed by atoms with E-state index in [1.165, 1.54) is 0 Å². The Morgan fingerprint density at radius 1 is 1.12 bits per heavy atom. The minimum atomic E-state index is -0.577. The lowest BCUT2D eigenvalue weighted by Crippen LogP contribution is -2.35. The lowest BCUT2D eigenvalue weighted by atomic mass is 10.2. The Kier molecular flexibility index (Phi) is 7.33. The van der Waals surface area contributed by atoms with Crippen molar-refractivity contribution in [3.63, 3.8) is 0 Å². The van der Waals surface area contributed by atoms with Crippen molar-refractivity contribution >= 4 is 5.91 Å². The number of benzene rings is 2. The van der Waals surface area contributed by atoms with Crippen LogP contribution in [0, 0.1) is 6.92 Å². The SMILES string of the molecule is CCCOc1ccc(CNC(=O)C(C)Oc2ccc(C)cc2)cc1OC. The molecule has 1 N–H and O–H groups in total. The first kappa shape index (κ1) is 19.6. The van der Waals surface area contributed by atoms with Gasteiger partial charge in [-0.3, -0.25) is 4.79 Å². The van der Waals surface area contributed by atoms with Crippen molar-refractivity contribution in [1.82, 2.24) is 5.32 Å². The topological polar surface area (TPSA) is 56.8 Å². The van der Waals surface area contributed by atoms with Gasteiger partial charge in [0.05, 0.1) is 13.7 Å². The van der Waals surface area contributed by atoms with Gasteiger partial charge in [-0.2, -0.15) is 0 Å². The summed E-state index contributed by atoms with van der Waals surface area (Å²) in [6, 6.07) is 13.3. The molecule has 2 aromatic rings. The first-order valence-electron chi connectivity index (χ1n) is 8.84. The van der Waals surface area contributed by atoms with Crippen molar-refractivity contribution in [2.75, 3.05) is 13.7 Å². The van der Waals surface area contributed by atoms with Crippen LogP contribution in [-0.4, -0.2) is 25.7 Å². The molecule has 0 bridgehead atoms. The van der Waals surface area contributed by atoms with E-state index in [-0.39, 0.29) is 5.91 Å². The number of hydrogen-bond donors (Lipinski definition) is 1. The van der Waals surface area contributed by atoms with Crippen molar-refractivity contribution < 1.29 is 19.0 Å². The van der Waals surface area contributed by atoms with E-state index < -0.39 is 6.10 Å². The van der Waals surface area contributed by atoms with E-state index in [0.717, 1.165) is 17.5 Å². The molecule has 0 saturated heterocycles. The van der Waals surface area contributed by atoms with Gasteiger partial charge in [0.25, 0.3) is 5.91 Å². The highest BCUT2D eigenvalue weighted by molar-refractivity contribution is 5.80. The molecule has 2 rings (SSSR count). The van der Waals surface area contributed by atoms with E-state index in [4.69, 9.17) is 14.2 Å². The largest absolute Gasteiger partial charge is 0.493 e. The molecule has 5 heteroatoms. The molecule has 0 aromatic heterocycles. The van der Waals surface area contributed by atoms with Gasteiger partial charge >= 0.3 is 0 Å². The van der Waals surface area contributed by atoms with Gasteiger partial charge in [-0.15, -0.1) is 0 Å². The van der Waals surface area contributed by atoms with Crippen LogP contribution in [0.2, 0.25) is 0 Å². The van der Waals surface area contributed by atoms with E-state index in [9.17, 15) is 4.79 Å². The first-order valence-corrected chi connectivity index (χ1v) is 8.84.